The molecule has 23 heavy (non-hydrogen) atoms. The molecule has 2 N–H and O–H groups in total. The van der Waals surface area contributed by atoms with Gasteiger partial charge in [-0.3, -0.25) is 0 Å². The van der Waals surface area contributed by atoms with Crippen LogP contribution in [0.25, 0.3) is 5.57 Å². The van der Waals surface area contributed by atoms with E-state index < -0.39 is 7.12 Å². The Labute approximate surface area is 139 Å². The molecule has 0 heterocycles. The molecular formula is C20H23BO2. The van der Waals surface area contributed by atoms with Crippen molar-refractivity contribution in [3.63, 3.8) is 0 Å². The van der Waals surface area contributed by atoms with Gasteiger partial charge in [0, 0.05) is 0 Å². The number of hydrogen-bond acceptors (Lipinski definition) is 2. The minimum atomic E-state index is -1.56. The third kappa shape index (κ3) is 6.51. The number of allylic oxidation sites excluding steroid dienone is 10. The average Bonchev–Trinajstić information content (AvgIpc) is 2.54. The highest BCUT2D eigenvalue weighted by molar-refractivity contribution is 6.51. The first kappa shape index (κ1) is 18.7. The molecule has 0 aliphatic rings. The molecule has 1 aromatic carbocycles. The molecule has 0 aromatic heterocycles. The highest BCUT2D eigenvalue weighted by Gasteiger charge is 2.11. The lowest BCUT2D eigenvalue weighted by Gasteiger charge is -2.08. The summed E-state index contributed by atoms with van der Waals surface area (Å²) < 4.78 is 0. The largest absolute Gasteiger partial charge is 0.487 e. The topological polar surface area (TPSA) is 40.5 Å². The van der Waals surface area contributed by atoms with Gasteiger partial charge in [-0.05, 0) is 41.6 Å². The summed E-state index contributed by atoms with van der Waals surface area (Å²) >= 11 is 0. The van der Waals surface area contributed by atoms with Gasteiger partial charge in [0.15, 0.2) is 0 Å². The van der Waals surface area contributed by atoms with E-state index in [4.69, 9.17) is 0 Å². The first-order valence-electron chi connectivity index (χ1n) is 7.42. The zero-order chi connectivity index (χ0) is 17.2. The molecule has 0 radical (unpaired) electrons. The molecule has 1 aromatic rings. The third-order valence-corrected chi connectivity index (χ3v) is 3.37. The van der Waals surface area contributed by atoms with Gasteiger partial charge in [-0.15, -0.1) is 0 Å². The van der Waals surface area contributed by atoms with Crippen LogP contribution in [0.1, 0.15) is 19.4 Å². The maximum atomic E-state index is 9.26. The van der Waals surface area contributed by atoms with Crippen molar-refractivity contribution in [1.29, 1.82) is 0 Å². The molecule has 0 saturated carbocycles. The zero-order valence-electron chi connectivity index (χ0n) is 13.7. The Morgan fingerprint density at radius 1 is 1.00 bits per heavy atom. The molecule has 0 unspecified atom stereocenters. The molecule has 0 fully saturated rings. The van der Waals surface area contributed by atoms with Crippen molar-refractivity contribution in [2.75, 3.05) is 0 Å². The van der Waals surface area contributed by atoms with E-state index in [1.807, 2.05) is 68.5 Å². The third-order valence-electron chi connectivity index (χ3n) is 3.37. The summed E-state index contributed by atoms with van der Waals surface area (Å²) in [6.45, 7) is 11.4. The zero-order valence-corrected chi connectivity index (χ0v) is 13.7. The van der Waals surface area contributed by atoms with Gasteiger partial charge >= 0.3 is 7.12 Å². The maximum absolute atomic E-state index is 9.26. The lowest BCUT2D eigenvalue weighted by atomic mass is 9.79. The smallest absolute Gasteiger partial charge is 0.423 e. The van der Waals surface area contributed by atoms with Crippen molar-refractivity contribution in [3.8, 4) is 0 Å². The number of rotatable bonds is 7. The van der Waals surface area contributed by atoms with E-state index in [0.29, 0.717) is 0 Å². The summed E-state index contributed by atoms with van der Waals surface area (Å²) in [6, 6.07) is 9.78. The summed E-state index contributed by atoms with van der Waals surface area (Å²) in [5, 5.41) is 18.5. The normalized spacial score (nSPS) is 13.3. The van der Waals surface area contributed by atoms with Gasteiger partial charge in [0.05, 0.1) is 0 Å². The Kier molecular flexibility index (Phi) is 7.82. The minimum absolute atomic E-state index is 0.251. The van der Waals surface area contributed by atoms with Crippen molar-refractivity contribution in [3.05, 3.63) is 102 Å². The summed E-state index contributed by atoms with van der Waals surface area (Å²) in [6.07, 6.45) is 11.2. The lowest BCUT2D eigenvalue weighted by molar-refractivity contribution is 0.421. The predicted molar refractivity (Wildman–Crippen MR) is 101 cm³/mol. The highest BCUT2D eigenvalue weighted by Crippen LogP contribution is 2.22. The second-order valence-corrected chi connectivity index (χ2v) is 5.21. The van der Waals surface area contributed by atoms with Gasteiger partial charge < -0.3 is 10.0 Å². The molecule has 0 aliphatic heterocycles. The van der Waals surface area contributed by atoms with E-state index in [2.05, 4.69) is 13.2 Å². The van der Waals surface area contributed by atoms with Crippen molar-refractivity contribution >= 4 is 12.7 Å². The van der Waals surface area contributed by atoms with E-state index in [-0.39, 0.29) is 5.47 Å². The van der Waals surface area contributed by atoms with E-state index in [1.165, 1.54) is 0 Å². The summed E-state index contributed by atoms with van der Waals surface area (Å²) in [7, 11) is -1.56. The van der Waals surface area contributed by atoms with Crippen LogP contribution in [0.15, 0.2) is 96.6 Å². The molecule has 118 valence electrons. The summed E-state index contributed by atoms with van der Waals surface area (Å²) in [4.78, 5) is 0. The van der Waals surface area contributed by atoms with Crippen LogP contribution in [0.5, 0.6) is 0 Å². The number of hydrogen-bond donors (Lipinski definition) is 2. The maximum Gasteiger partial charge on any atom is 0.487 e. The van der Waals surface area contributed by atoms with Crippen molar-refractivity contribution in [2.45, 2.75) is 13.8 Å². The highest BCUT2D eigenvalue weighted by atomic mass is 16.4. The molecule has 0 saturated heterocycles. The molecular weight excluding hydrogens is 283 g/mol. The summed E-state index contributed by atoms with van der Waals surface area (Å²) in [5.41, 5.74) is 4.31. The standard InChI is InChI=1S/C20H23BO2/c1-5-6-8-11-16(2)17(3)14-20(15-18(4)21(22)23)19-12-9-7-10-13-19/h5-15,22-23H,1,4H2,2-3H3/b8-6-,16-11+,17-14+,20-15+. The van der Waals surface area contributed by atoms with Crippen LogP contribution < -0.4 is 0 Å². The fourth-order valence-electron chi connectivity index (χ4n) is 1.87. The molecule has 0 spiro atoms. The van der Waals surface area contributed by atoms with Crippen molar-refractivity contribution in [1.82, 2.24) is 0 Å². The van der Waals surface area contributed by atoms with E-state index in [1.54, 1.807) is 12.2 Å². The van der Waals surface area contributed by atoms with Crippen LogP contribution >= 0.6 is 0 Å². The molecule has 1 rings (SSSR count). The monoisotopic (exact) mass is 306 g/mol. The Hall–Kier alpha value is -2.36. The van der Waals surface area contributed by atoms with Gasteiger partial charge in [-0.25, -0.2) is 0 Å². The van der Waals surface area contributed by atoms with Crippen LogP contribution in [0.3, 0.4) is 0 Å². The van der Waals surface area contributed by atoms with Crippen molar-refractivity contribution in [2.24, 2.45) is 0 Å². The first-order valence-corrected chi connectivity index (χ1v) is 7.42. The van der Waals surface area contributed by atoms with Crippen LogP contribution in [0.4, 0.5) is 0 Å². The molecule has 0 aliphatic carbocycles. The molecule has 3 heteroatoms. The molecule has 0 bridgehead atoms. The van der Waals surface area contributed by atoms with Crippen LogP contribution in [-0.4, -0.2) is 17.2 Å². The quantitative estimate of drug-likeness (QED) is 0.583. The van der Waals surface area contributed by atoms with Gasteiger partial charge in [0.1, 0.15) is 0 Å². The molecule has 0 atom stereocenters. The molecule has 2 nitrogen and oxygen atoms in total. The van der Waals surface area contributed by atoms with Gasteiger partial charge in [0.25, 0.3) is 0 Å². The van der Waals surface area contributed by atoms with Gasteiger partial charge in [0.2, 0.25) is 0 Å². The fourth-order valence-corrected chi connectivity index (χ4v) is 1.87. The van der Waals surface area contributed by atoms with Crippen LogP contribution in [0, 0.1) is 0 Å². The predicted octanol–water partition coefficient (Wildman–Crippen LogP) is 4.27. The Balaban J connectivity index is 3.23. The van der Waals surface area contributed by atoms with Gasteiger partial charge in [-0.2, -0.15) is 0 Å². The molecule has 0 amide bonds. The average molecular weight is 306 g/mol. The van der Waals surface area contributed by atoms with Crippen LogP contribution in [-0.2, 0) is 0 Å². The lowest BCUT2D eigenvalue weighted by Crippen LogP contribution is -2.12. The minimum Gasteiger partial charge on any atom is -0.423 e. The van der Waals surface area contributed by atoms with Gasteiger partial charge in [-0.1, -0.05) is 79.9 Å². The first-order chi connectivity index (χ1) is 11.0. The van der Waals surface area contributed by atoms with Crippen molar-refractivity contribution < 1.29 is 10.0 Å². The summed E-state index contributed by atoms with van der Waals surface area (Å²) in [5.74, 6) is 0. The fraction of sp³-hybridized carbons (Fsp3) is 0.100. The second-order valence-electron chi connectivity index (χ2n) is 5.21. The SMILES string of the molecule is C=C\C=C/C=C(C)/C(C)=C/C(=C\C(=C)B(O)O)c1ccccc1. The second kappa shape index (κ2) is 9.62. The van der Waals surface area contributed by atoms with Crippen LogP contribution in [0.2, 0.25) is 0 Å². The number of benzene rings is 1. The van der Waals surface area contributed by atoms with E-state index >= 15 is 0 Å². The van der Waals surface area contributed by atoms with E-state index in [9.17, 15) is 10.0 Å². The Morgan fingerprint density at radius 2 is 1.65 bits per heavy atom. The van der Waals surface area contributed by atoms with E-state index in [0.717, 1.165) is 22.3 Å². The Morgan fingerprint density at radius 3 is 2.22 bits per heavy atom. The Bertz CT molecular complexity index is 662.